The van der Waals surface area contributed by atoms with Crippen LogP contribution in [0.4, 0.5) is 17.5 Å². The van der Waals surface area contributed by atoms with Crippen molar-refractivity contribution < 1.29 is 4.79 Å². The smallest absolute Gasteiger partial charge is 0.196 e. The Bertz CT molecular complexity index is 1040. The second-order valence-electron chi connectivity index (χ2n) is 7.68. The molecule has 156 valence electrons. The van der Waals surface area contributed by atoms with E-state index in [1.165, 1.54) is 24.6 Å². The molecule has 1 aliphatic rings. The summed E-state index contributed by atoms with van der Waals surface area (Å²) in [6.45, 7) is 7.67. The van der Waals surface area contributed by atoms with Gasteiger partial charge in [-0.15, -0.1) is 0 Å². The lowest BCUT2D eigenvalue weighted by molar-refractivity contribution is -0.116. The SMILES string of the molecule is CC(=O)Cc1ccc(Sc2nc(Nc3cc(C)[nH]n3)c(C)c(N3CCCC3)n2)cc1. The van der Waals surface area contributed by atoms with E-state index in [0.717, 1.165) is 52.3 Å². The molecule has 1 saturated heterocycles. The summed E-state index contributed by atoms with van der Waals surface area (Å²) in [6.07, 6.45) is 2.83. The average molecular weight is 423 g/mol. The standard InChI is InChI=1S/C22H26N6OS/c1-14-12-19(27-26-14)23-20-16(3)21(28-10-4-5-11-28)25-22(24-20)30-18-8-6-17(7-9-18)13-15(2)29/h6-9,12H,4-5,10-11,13H2,1-3H3,(H2,23,24,25,26,27). The molecule has 1 fully saturated rings. The molecule has 0 unspecified atom stereocenters. The lowest BCUT2D eigenvalue weighted by atomic mass is 10.1. The number of Topliss-reactive ketones (excluding diaryl/α,β-unsaturated/α-hetero) is 1. The normalized spacial score (nSPS) is 13.6. The molecule has 0 spiro atoms. The number of anilines is 3. The van der Waals surface area contributed by atoms with Crippen LogP contribution < -0.4 is 10.2 Å². The summed E-state index contributed by atoms with van der Waals surface area (Å²) >= 11 is 1.52. The second kappa shape index (κ2) is 8.87. The maximum Gasteiger partial charge on any atom is 0.196 e. The lowest BCUT2D eigenvalue weighted by Crippen LogP contribution is -2.21. The Labute approximate surface area is 180 Å². The van der Waals surface area contributed by atoms with Crippen LogP contribution in [0, 0.1) is 13.8 Å². The molecule has 7 nitrogen and oxygen atoms in total. The molecule has 0 radical (unpaired) electrons. The number of aromatic amines is 1. The fourth-order valence-electron chi connectivity index (χ4n) is 3.56. The van der Waals surface area contributed by atoms with Gasteiger partial charge in [-0.05, 0) is 63.1 Å². The highest BCUT2D eigenvalue weighted by molar-refractivity contribution is 7.99. The number of hydrogen-bond donors (Lipinski definition) is 2. The maximum atomic E-state index is 11.3. The van der Waals surface area contributed by atoms with E-state index in [4.69, 9.17) is 9.97 Å². The van der Waals surface area contributed by atoms with Gasteiger partial charge in [0.1, 0.15) is 17.4 Å². The largest absolute Gasteiger partial charge is 0.356 e. The molecule has 0 atom stereocenters. The van der Waals surface area contributed by atoms with E-state index in [-0.39, 0.29) is 5.78 Å². The number of H-pyrrole nitrogens is 1. The molecule has 2 aromatic heterocycles. The van der Waals surface area contributed by atoms with Gasteiger partial charge in [0.2, 0.25) is 0 Å². The third-order valence-electron chi connectivity index (χ3n) is 5.04. The molecule has 4 rings (SSSR count). The molecule has 0 amide bonds. The summed E-state index contributed by atoms with van der Waals surface area (Å²) in [5.74, 6) is 2.66. The van der Waals surface area contributed by atoms with E-state index in [0.29, 0.717) is 11.6 Å². The number of aryl methyl sites for hydroxylation is 1. The second-order valence-corrected chi connectivity index (χ2v) is 8.72. The molecule has 1 aromatic carbocycles. The summed E-state index contributed by atoms with van der Waals surface area (Å²) in [7, 11) is 0. The van der Waals surface area contributed by atoms with Crippen molar-refractivity contribution in [2.45, 2.75) is 50.1 Å². The Hall–Kier alpha value is -2.87. The molecule has 2 N–H and O–H groups in total. The van der Waals surface area contributed by atoms with E-state index in [9.17, 15) is 4.79 Å². The van der Waals surface area contributed by atoms with Gasteiger partial charge >= 0.3 is 0 Å². The van der Waals surface area contributed by atoms with Crippen molar-refractivity contribution in [2.24, 2.45) is 0 Å². The molecule has 0 bridgehead atoms. The zero-order chi connectivity index (χ0) is 21.1. The van der Waals surface area contributed by atoms with E-state index >= 15 is 0 Å². The monoisotopic (exact) mass is 422 g/mol. The van der Waals surface area contributed by atoms with Crippen molar-refractivity contribution in [3.8, 4) is 0 Å². The first kappa shape index (κ1) is 20.4. The van der Waals surface area contributed by atoms with Gasteiger partial charge in [-0.25, -0.2) is 9.97 Å². The quantitative estimate of drug-likeness (QED) is 0.544. The van der Waals surface area contributed by atoms with Gasteiger partial charge in [0.05, 0.1) is 0 Å². The number of rotatable bonds is 7. The van der Waals surface area contributed by atoms with Gasteiger partial charge in [0.25, 0.3) is 0 Å². The van der Waals surface area contributed by atoms with E-state index in [2.05, 4.69) is 27.3 Å². The number of carbonyl (C=O) groups excluding carboxylic acids is 1. The fraction of sp³-hybridized carbons (Fsp3) is 0.364. The van der Waals surface area contributed by atoms with Crippen LogP contribution in [0.5, 0.6) is 0 Å². The van der Waals surface area contributed by atoms with E-state index in [1.54, 1.807) is 6.92 Å². The first-order valence-corrected chi connectivity index (χ1v) is 11.0. The van der Waals surface area contributed by atoms with Crippen molar-refractivity contribution in [3.63, 3.8) is 0 Å². The molecular weight excluding hydrogens is 396 g/mol. The number of carbonyl (C=O) groups is 1. The molecule has 8 heteroatoms. The van der Waals surface area contributed by atoms with Crippen LogP contribution in [-0.4, -0.2) is 39.0 Å². The lowest BCUT2D eigenvalue weighted by Gasteiger charge is -2.21. The van der Waals surface area contributed by atoms with Crippen molar-refractivity contribution >= 4 is 35.0 Å². The number of hydrogen-bond acceptors (Lipinski definition) is 7. The van der Waals surface area contributed by atoms with Gasteiger partial charge < -0.3 is 10.2 Å². The zero-order valence-corrected chi connectivity index (χ0v) is 18.3. The van der Waals surface area contributed by atoms with Gasteiger partial charge in [-0.1, -0.05) is 12.1 Å². The molecule has 3 aromatic rings. The van der Waals surface area contributed by atoms with Gasteiger partial charge in [0, 0.05) is 41.7 Å². The highest BCUT2D eigenvalue weighted by atomic mass is 32.2. The van der Waals surface area contributed by atoms with Crippen LogP contribution in [0.25, 0.3) is 0 Å². The van der Waals surface area contributed by atoms with Gasteiger partial charge in [0.15, 0.2) is 11.0 Å². The average Bonchev–Trinajstić information content (AvgIpc) is 3.37. The fourth-order valence-corrected chi connectivity index (χ4v) is 4.31. The molecule has 1 aliphatic heterocycles. The van der Waals surface area contributed by atoms with Crippen molar-refractivity contribution in [3.05, 3.63) is 47.2 Å². The third-order valence-corrected chi connectivity index (χ3v) is 5.92. The van der Waals surface area contributed by atoms with E-state index < -0.39 is 0 Å². The Balaban J connectivity index is 1.63. The van der Waals surface area contributed by atoms with Crippen LogP contribution >= 0.6 is 11.8 Å². The number of ketones is 1. The topological polar surface area (TPSA) is 86.8 Å². The zero-order valence-electron chi connectivity index (χ0n) is 17.5. The first-order chi connectivity index (χ1) is 14.5. The summed E-state index contributed by atoms with van der Waals surface area (Å²) < 4.78 is 0. The van der Waals surface area contributed by atoms with Crippen LogP contribution in [0.2, 0.25) is 0 Å². The van der Waals surface area contributed by atoms with Crippen LogP contribution in [0.1, 0.15) is 36.6 Å². The number of aromatic nitrogens is 4. The van der Waals surface area contributed by atoms with Gasteiger partial charge in [-0.3, -0.25) is 9.89 Å². The first-order valence-electron chi connectivity index (χ1n) is 10.2. The Morgan fingerprint density at radius 2 is 1.90 bits per heavy atom. The highest BCUT2D eigenvalue weighted by Gasteiger charge is 2.20. The molecule has 0 aliphatic carbocycles. The highest BCUT2D eigenvalue weighted by Crippen LogP contribution is 2.33. The summed E-state index contributed by atoms with van der Waals surface area (Å²) in [6, 6.07) is 9.98. The van der Waals surface area contributed by atoms with Crippen molar-refractivity contribution in [1.29, 1.82) is 0 Å². The van der Waals surface area contributed by atoms with Gasteiger partial charge in [-0.2, -0.15) is 5.10 Å². The predicted octanol–water partition coefficient (Wildman–Crippen LogP) is 4.44. The Morgan fingerprint density at radius 1 is 1.17 bits per heavy atom. The summed E-state index contributed by atoms with van der Waals surface area (Å²) in [5.41, 5.74) is 3.04. The third kappa shape index (κ3) is 4.81. The van der Waals surface area contributed by atoms with E-state index in [1.807, 2.05) is 37.3 Å². The van der Waals surface area contributed by atoms with Crippen molar-refractivity contribution in [2.75, 3.05) is 23.3 Å². The number of nitrogens with one attached hydrogen (secondary N) is 2. The van der Waals surface area contributed by atoms with Crippen molar-refractivity contribution in [1.82, 2.24) is 20.2 Å². The molecule has 0 saturated carbocycles. The predicted molar refractivity (Wildman–Crippen MR) is 120 cm³/mol. The minimum absolute atomic E-state index is 0.164. The minimum atomic E-state index is 0.164. The number of nitrogens with zero attached hydrogens (tertiary/aromatic N) is 4. The summed E-state index contributed by atoms with van der Waals surface area (Å²) in [5, 5.41) is 11.3. The maximum absolute atomic E-state index is 11.3. The van der Waals surface area contributed by atoms with Crippen LogP contribution in [-0.2, 0) is 11.2 Å². The minimum Gasteiger partial charge on any atom is -0.356 e. The molecular formula is C22H26N6OS. The van der Waals surface area contributed by atoms with Crippen LogP contribution in [0.3, 0.4) is 0 Å². The van der Waals surface area contributed by atoms with Crippen LogP contribution in [0.15, 0.2) is 40.4 Å². The molecule has 30 heavy (non-hydrogen) atoms. The summed E-state index contributed by atoms with van der Waals surface area (Å²) in [4.78, 5) is 24.4. The Morgan fingerprint density at radius 3 is 2.53 bits per heavy atom. The number of benzene rings is 1. The Kier molecular flexibility index (Phi) is 6.03. The molecule has 3 heterocycles.